The van der Waals surface area contributed by atoms with E-state index in [1.165, 1.54) is 89.9 Å². The third kappa shape index (κ3) is 14.5. The van der Waals surface area contributed by atoms with Crippen molar-refractivity contribution in [3.63, 3.8) is 0 Å². The van der Waals surface area contributed by atoms with Gasteiger partial charge in [-0.3, -0.25) is 4.79 Å². The largest absolute Gasteiger partial charge is 0.497 e. The lowest BCUT2D eigenvalue weighted by Gasteiger charge is -2.22. The number of methoxy groups -OCH3 is 1. The van der Waals surface area contributed by atoms with Gasteiger partial charge >= 0.3 is 0 Å². The maximum absolute atomic E-state index is 12.4. The minimum Gasteiger partial charge on any atom is -0.497 e. The summed E-state index contributed by atoms with van der Waals surface area (Å²) in [5.41, 5.74) is 0.691. The van der Waals surface area contributed by atoms with E-state index in [0.717, 1.165) is 25.4 Å². The van der Waals surface area contributed by atoms with Crippen LogP contribution in [0.1, 0.15) is 114 Å². The Morgan fingerprint density at radius 1 is 0.719 bits per heavy atom. The molecule has 1 rings (SSSR count). The fourth-order valence-corrected chi connectivity index (χ4v) is 4.09. The summed E-state index contributed by atoms with van der Waals surface area (Å²) in [4.78, 5) is 15.0. The second-order valence-electron chi connectivity index (χ2n) is 9.07. The van der Waals surface area contributed by atoms with E-state index in [-0.39, 0.29) is 5.91 Å². The van der Waals surface area contributed by atoms with Gasteiger partial charge in [0.05, 0.1) is 7.11 Å². The molecule has 0 saturated carbocycles. The van der Waals surface area contributed by atoms with Gasteiger partial charge in [0.25, 0.3) is 5.91 Å². The zero-order chi connectivity index (χ0) is 23.3. The number of nitrogens with one attached hydrogen (secondary N) is 1. The molecule has 1 aromatic rings. The summed E-state index contributed by atoms with van der Waals surface area (Å²) in [6.07, 6.45) is 18.8. The fourth-order valence-electron chi connectivity index (χ4n) is 4.09. The Balaban J connectivity index is 2.31. The van der Waals surface area contributed by atoms with E-state index < -0.39 is 0 Å². The Morgan fingerprint density at radius 2 is 1.19 bits per heavy atom. The molecule has 0 spiro atoms. The van der Waals surface area contributed by atoms with E-state index >= 15 is 0 Å². The molecule has 4 nitrogen and oxygen atoms in total. The Labute approximate surface area is 198 Å². The van der Waals surface area contributed by atoms with E-state index in [2.05, 4.69) is 24.1 Å². The van der Waals surface area contributed by atoms with Crippen LogP contribution in [0.3, 0.4) is 0 Å². The van der Waals surface area contributed by atoms with Gasteiger partial charge in [0.15, 0.2) is 0 Å². The van der Waals surface area contributed by atoms with Crippen molar-refractivity contribution in [1.29, 1.82) is 0 Å². The number of nitrogens with zero attached hydrogens (tertiary/aromatic N) is 1. The molecule has 184 valence electrons. The van der Waals surface area contributed by atoms with Crippen molar-refractivity contribution in [2.45, 2.75) is 104 Å². The van der Waals surface area contributed by atoms with Crippen LogP contribution >= 0.6 is 0 Å². The van der Waals surface area contributed by atoms with E-state index in [0.29, 0.717) is 12.1 Å². The molecule has 0 aliphatic heterocycles. The number of unbranched alkanes of at least 4 members (excludes halogenated alkanes) is 12. The number of amides is 1. The first-order chi connectivity index (χ1) is 15.7. The van der Waals surface area contributed by atoms with Gasteiger partial charge < -0.3 is 15.0 Å². The maximum atomic E-state index is 12.4. The van der Waals surface area contributed by atoms with Crippen LogP contribution in [-0.2, 0) is 0 Å². The molecule has 0 unspecified atom stereocenters. The van der Waals surface area contributed by atoms with Gasteiger partial charge in [0, 0.05) is 18.7 Å². The van der Waals surface area contributed by atoms with Crippen molar-refractivity contribution in [2.75, 3.05) is 33.3 Å². The lowest BCUT2D eigenvalue weighted by molar-refractivity contribution is 0.0948. The highest BCUT2D eigenvalue weighted by Crippen LogP contribution is 2.12. The monoisotopic (exact) mass is 446 g/mol. The first-order valence-corrected chi connectivity index (χ1v) is 13.4. The van der Waals surface area contributed by atoms with Crippen LogP contribution in [0.4, 0.5) is 0 Å². The fraction of sp³-hybridized carbons (Fsp3) is 0.750. The molecule has 1 aromatic carbocycles. The number of hydrogen-bond acceptors (Lipinski definition) is 3. The zero-order valence-electron chi connectivity index (χ0n) is 21.3. The molecule has 4 heteroatoms. The predicted octanol–water partition coefficient (Wildman–Crippen LogP) is 7.23. The quantitative estimate of drug-likeness (QED) is 0.203. The Hall–Kier alpha value is -1.55. The summed E-state index contributed by atoms with van der Waals surface area (Å²) in [5, 5.41) is 3.09. The number of carbonyl (C=O) groups excluding carboxylic acids is 1. The average molecular weight is 447 g/mol. The van der Waals surface area contributed by atoms with Crippen LogP contribution in [0.25, 0.3) is 0 Å². The molecule has 0 aliphatic carbocycles. The second kappa shape index (κ2) is 20.1. The maximum Gasteiger partial charge on any atom is 0.251 e. The number of benzene rings is 1. The van der Waals surface area contributed by atoms with E-state index in [9.17, 15) is 4.79 Å². The molecule has 0 aromatic heterocycles. The third-order valence-electron chi connectivity index (χ3n) is 6.22. The summed E-state index contributed by atoms with van der Waals surface area (Å²) >= 11 is 0. The standard InChI is InChI=1S/C28H50N2O2/c1-4-6-8-10-12-14-16-23-30(24-17-15-13-11-9-7-5-2)25-22-29-28(31)26-18-20-27(32-3)21-19-26/h18-21H,4-17,22-25H2,1-3H3,(H,29,31). The molecular weight excluding hydrogens is 396 g/mol. The van der Waals surface area contributed by atoms with Crippen molar-refractivity contribution < 1.29 is 9.53 Å². The summed E-state index contributed by atoms with van der Waals surface area (Å²) in [6, 6.07) is 7.32. The Morgan fingerprint density at radius 3 is 1.66 bits per heavy atom. The molecule has 0 bridgehead atoms. The molecule has 0 atom stereocenters. The highest BCUT2D eigenvalue weighted by Gasteiger charge is 2.08. The third-order valence-corrected chi connectivity index (χ3v) is 6.22. The van der Waals surface area contributed by atoms with Crippen molar-refractivity contribution in [3.05, 3.63) is 29.8 Å². The van der Waals surface area contributed by atoms with Gasteiger partial charge in [-0.25, -0.2) is 0 Å². The van der Waals surface area contributed by atoms with Crippen molar-refractivity contribution in [2.24, 2.45) is 0 Å². The molecule has 0 saturated heterocycles. The molecule has 32 heavy (non-hydrogen) atoms. The first-order valence-electron chi connectivity index (χ1n) is 13.4. The van der Waals surface area contributed by atoms with Crippen LogP contribution < -0.4 is 10.1 Å². The van der Waals surface area contributed by atoms with Crippen LogP contribution in [0.15, 0.2) is 24.3 Å². The lowest BCUT2D eigenvalue weighted by Crippen LogP contribution is -2.36. The van der Waals surface area contributed by atoms with E-state index in [4.69, 9.17) is 4.74 Å². The first kappa shape index (κ1) is 28.5. The van der Waals surface area contributed by atoms with E-state index in [1.807, 2.05) is 24.3 Å². The molecule has 1 amide bonds. The van der Waals surface area contributed by atoms with Crippen molar-refractivity contribution in [3.8, 4) is 5.75 Å². The minimum atomic E-state index is -0.000508. The van der Waals surface area contributed by atoms with Crippen molar-refractivity contribution >= 4 is 5.91 Å². The normalized spacial score (nSPS) is 11.1. The van der Waals surface area contributed by atoms with Crippen molar-refractivity contribution in [1.82, 2.24) is 10.2 Å². The lowest BCUT2D eigenvalue weighted by atomic mass is 10.1. The van der Waals surface area contributed by atoms with Crippen LogP contribution in [0.2, 0.25) is 0 Å². The summed E-state index contributed by atoms with van der Waals surface area (Å²) in [7, 11) is 1.64. The van der Waals surface area contributed by atoms with Gasteiger partial charge in [-0.2, -0.15) is 0 Å². The number of rotatable bonds is 21. The second-order valence-corrected chi connectivity index (χ2v) is 9.07. The van der Waals surface area contributed by atoms with Gasteiger partial charge in [-0.1, -0.05) is 90.9 Å². The van der Waals surface area contributed by atoms with Crippen LogP contribution in [0, 0.1) is 0 Å². The van der Waals surface area contributed by atoms with Gasteiger partial charge in [-0.15, -0.1) is 0 Å². The van der Waals surface area contributed by atoms with Gasteiger partial charge in [-0.05, 0) is 50.2 Å². The van der Waals surface area contributed by atoms with Gasteiger partial charge in [0.1, 0.15) is 5.75 Å². The van der Waals surface area contributed by atoms with Crippen LogP contribution in [-0.4, -0.2) is 44.1 Å². The molecule has 0 radical (unpaired) electrons. The number of ether oxygens (including phenoxy) is 1. The smallest absolute Gasteiger partial charge is 0.251 e. The molecule has 0 heterocycles. The summed E-state index contributed by atoms with van der Waals surface area (Å²) in [5.74, 6) is 0.775. The zero-order valence-corrected chi connectivity index (χ0v) is 21.3. The predicted molar refractivity (Wildman–Crippen MR) is 138 cm³/mol. The van der Waals surface area contributed by atoms with Crippen LogP contribution in [0.5, 0.6) is 5.75 Å². The SMILES string of the molecule is CCCCCCCCCN(CCCCCCCCC)CCNC(=O)c1ccc(OC)cc1. The summed E-state index contributed by atoms with van der Waals surface area (Å²) < 4.78 is 5.17. The summed E-state index contributed by atoms with van der Waals surface area (Å²) in [6.45, 7) is 8.50. The molecule has 1 N–H and O–H groups in total. The Bertz CT molecular complexity index is 541. The van der Waals surface area contributed by atoms with E-state index in [1.54, 1.807) is 7.11 Å². The average Bonchev–Trinajstić information content (AvgIpc) is 2.82. The highest BCUT2D eigenvalue weighted by atomic mass is 16.5. The molecule has 0 aliphatic rings. The van der Waals surface area contributed by atoms with Gasteiger partial charge in [0.2, 0.25) is 0 Å². The topological polar surface area (TPSA) is 41.6 Å². The minimum absolute atomic E-state index is 0.000508. The number of hydrogen-bond donors (Lipinski definition) is 1. The number of carbonyl (C=O) groups is 1. The highest BCUT2D eigenvalue weighted by molar-refractivity contribution is 5.94. The Kier molecular flexibility index (Phi) is 17.9. The molecular formula is C28H50N2O2. The molecule has 0 fully saturated rings.